The summed E-state index contributed by atoms with van der Waals surface area (Å²) in [5, 5.41) is 11.1. The molecule has 0 aliphatic carbocycles. The summed E-state index contributed by atoms with van der Waals surface area (Å²) in [6.45, 7) is 7.13. The Labute approximate surface area is 132 Å². The molecule has 6 nitrogen and oxygen atoms in total. The number of rotatable bonds is 3. The van der Waals surface area contributed by atoms with Gasteiger partial charge in [-0.3, -0.25) is 0 Å². The van der Waals surface area contributed by atoms with E-state index in [1.807, 2.05) is 13.8 Å². The number of ether oxygens (including phenoxy) is 1. The maximum atomic E-state index is 12.1. The summed E-state index contributed by atoms with van der Waals surface area (Å²) < 4.78 is 5.11. The lowest BCUT2D eigenvalue weighted by molar-refractivity contribution is 0.0531. The van der Waals surface area contributed by atoms with Crippen molar-refractivity contribution in [3.8, 4) is 0 Å². The monoisotopic (exact) mass is 321 g/mol. The first-order valence-electron chi connectivity index (χ1n) is 7.31. The number of carbonyl (C=O) groups is 1. The van der Waals surface area contributed by atoms with Crippen LogP contribution < -0.4 is 4.90 Å². The molecule has 2 aromatic rings. The zero-order valence-corrected chi connectivity index (χ0v) is 13.7. The van der Waals surface area contributed by atoms with Gasteiger partial charge in [0.2, 0.25) is 0 Å². The van der Waals surface area contributed by atoms with Crippen LogP contribution >= 0.6 is 11.3 Å². The fourth-order valence-corrected chi connectivity index (χ4v) is 3.85. The van der Waals surface area contributed by atoms with Gasteiger partial charge in [0.25, 0.3) is 0 Å². The van der Waals surface area contributed by atoms with Crippen molar-refractivity contribution in [2.45, 2.75) is 32.8 Å². The Hall–Kier alpha value is -1.73. The summed E-state index contributed by atoms with van der Waals surface area (Å²) in [7, 11) is 0. The van der Waals surface area contributed by atoms with E-state index < -0.39 is 5.60 Å². The Morgan fingerprint density at radius 2 is 2.32 bits per heavy atom. The number of β-amino-alcohol motifs (C(OH)–C–C–N with tert-alkyl or cyclic N) is 1. The number of hydrogen-bond acceptors (Lipinski definition) is 7. The van der Waals surface area contributed by atoms with Crippen LogP contribution in [0.4, 0.5) is 5.82 Å². The summed E-state index contributed by atoms with van der Waals surface area (Å²) in [4.78, 5) is 24.1. The average Bonchev–Trinajstić information content (AvgIpc) is 3.00. The third kappa shape index (κ3) is 2.55. The number of thiophene rings is 1. The molecule has 1 N–H and O–H groups in total. The maximum absolute atomic E-state index is 12.1. The van der Waals surface area contributed by atoms with Gasteiger partial charge in [0.1, 0.15) is 21.9 Å². The van der Waals surface area contributed by atoms with Crippen molar-refractivity contribution < 1.29 is 14.6 Å². The first-order valence-corrected chi connectivity index (χ1v) is 8.13. The minimum atomic E-state index is -0.703. The molecule has 22 heavy (non-hydrogen) atoms. The topological polar surface area (TPSA) is 75.5 Å². The van der Waals surface area contributed by atoms with E-state index in [9.17, 15) is 9.90 Å². The van der Waals surface area contributed by atoms with Crippen molar-refractivity contribution in [3.05, 3.63) is 16.8 Å². The van der Waals surface area contributed by atoms with Gasteiger partial charge < -0.3 is 14.7 Å². The SMILES string of the molecule is CCOC(=O)c1sc2ncnc(N3CCC(C)(O)C3)c2c1C. The second-order valence-electron chi connectivity index (χ2n) is 5.82. The number of anilines is 1. The molecule has 1 saturated heterocycles. The van der Waals surface area contributed by atoms with E-state index in [1.54, 1.807) is 6.92 Å². The lowest BCUT2D eigenvalue weighted by Crippen LogP contribution is -2.30. The van der Waals surface area contributed by atoms with Gasteiger partial charge in [-0.05, 0) is 32.8 Å². The quantitative estimate of drug-likeness (QED) is 0.873. The highest BCUT2D eigenvalue weighted by Crippen LogP contribution is 2.37. The molecule has 0 saturated carbocycles. The summed E-state index contributed by atoms with van der Waals surface area (Å²) in [5.41, 5.74) is 0.145. The van der Waals surface area contributed by atoms with Crippen LogP contribution in [0.25, 0.3) is 10.2 Å². The van der Waals surface area contributed by atoms with Crippen molar-refractivity contribution in [1.82, 2.24) is 9.97 Å². The average molecular weight is 321 g/mol. The van der Waals surface area contributed by atoms with E-state index in [4.69, 9.17) is 4.74 Å². The lowest BCUT2D eigenvalue weighted by Gasteiger charge is -2.20. The van der Waals surface area contributed by atoms with Crippen LogP contribution in [-0.2, 0) is 4.74 Å². The maximum Gasteiger partial charge on any atom is 0.348 e. The number of aryl methyl sites for hydroxylation is 1. The number of aromatic nitrogens is 2. The molecule has 3 rings (SSSR count). The molecule has 7 heteroatoms. The fraction of sp³-hybridized carbons (Fsp3) is 0.533. The third-order valence-electron chi connectivity index (χ3n) is 3.92. The Morgan fingerprint density at radius 1 is 1.55 bits per heavy atom. The molecule has 1 atom stereocenters. The molecule has 118 valence electrons. The molecule has 0 aromatic carbocycles. The molecule has 1 fully saturated rings. The molecule has 0 bridgehead atoms. The molecule has 1 aliphatic rings. The molecule has 0 radical (unpaired) electrons. The molecule has 3 heterocycles. The molecule has 1 unspecified atom stereocenters. The van der Waals surface area contributed by atoms with Gasteiger partial charge in [-0.15, -0.1) is 11.3 Å². The molecular formula is C15H19N3O3S. The number of aliphatic hydroxyl groups is 1. The minimum absolute atomic E-state index is 0.317. The van der Waals surface area contributed by atoms with Gasteiger partial charge in [-0.1, -0.05) is 0 Å². The van der Waals surface area contributed by atoms with Crippen molar-refractivity contribution in [3.63, 3.8) is 0 Å². The second-order valence-corrected chi connectivity index (χ2v) is 6.82. The highest BCUT2D eigenvalue weighted by molar-refractivity contribution is 7.20. The standard InChI is InChI=1S/C15H19N3O3S/c1-4-21-14(19)11-9(2)10-12(16-8-17-13(10)22-11)18-6-5-15(3,20)7-18/h8,20H,4-7H2,1-3H3. The lowest BCUT2D eigenvalue weighted by atomic mass is 10.1. The molecule has 0 amide bonds. The smallest absolute Gasteiger partial charge is 0.348 e. The van der Waals surface area contributed by atoms with Crippen LogP contribution in [0.15, 0.2) is 6.33 Å². The van der Waals surface area contributed by atoms with Gasteiger partial charge in [0.05, 0.1) is 17.6 Å². The Bertz CT molecular complexity index is 726. The van der Waals surface area contributed by atoms with Crippen LogP contribution in [-0.4, -0.2) is 46.3 Å². The molecule has 1 aliphatic heterocycles. The summed E-state index contributed by atoms with van der Waals surface area (Å²) >= 11 is 1.33. The van der Waals surface area contributed by atoms with Crippen LogP contribution in [0.1, 0.15) is 35.5 Å². The summed E-state index contributed by atoms with van der Waals surface area (Å²) in [5.74, 6) is 0.467. The van der Waals surface area contributed by atoms with Crippen LogP contribution in [0.2, 0.25) is 0 Å². The number of hydrogen-bond donors (Lipinski definition) is 1. The molecule has 2 aromatic heterocycles. The van der Waals surface area contributed by atoms with Crippen LogP contribution in [0, 0.1) is 6.92 Å². The van der Waals surface area contributed by atoms with Gasteiger partial charge in [-0.25, -0.2) is 14.8 Å². The normalized spacial score (nSPS) is 21.5. The Morgan fingerprint density at radius 3 is 2.95 bits per heavy atom. The minimum Gasteiger partial charge on any atom is -0.462 e. The van der Waals surface area contributed by atoms with Gasteiger partial charge in [0, 0.05) is 13.1 Å². The molecule has 0 spiro atoms. The third-order valence-corrected chi connectivity index (χ3v) is 5.10. The van der Waals surface area contributed by atoms with Crippen LogP contribution in [0.5, 0.6) is 0 Å². The van der Waals surface area contributed by atoms with Crippen molar-refractivity contribution >= 4 is 33.3 Å². The Kier molecular flexibility index (Phi) is 3.78. The van der Waals surface area contributed by atoms with Crippen molar-refractivity contribution in [2.75, 3.05) is 24.6 Å². The zero-order chi connectivity index (χ0) is 15.9. The predicted octanol–water partition coefficient (Wildman–Crippen LogP) is 2.14. The van der Waals surface area contributed by atoms with Crippen molar-refractivity contribution in [2.24, 2.45) is 0 Å². The van der Waals surface area contributed by atoms with Crippen molar-refractivity contribution in [1.29, 1.82) is 0 Å². The van der Waals surface area contributed by atoms with E-state index in [-0.39, 0.29) is 5.97 Å². The summed E-state index contributed by atoms with van der Waals surface area (Å²) in [6.07, 6.45) is 2.21. The van der Waals surface area contributed by atoms with E-state index in [0.717, 1.165) is 28.1 Å². The fourth-order valence-electron chi connectivity index (χ4n) is 2.81. The Balaban J connectivity index is 2.07. The second kappa shape index (κ2) is 5.48. The highest BCUT2D eigenvalue weighted by atomic mass is 32.1. The van der Waals surface area contributed by atoms with Crippen LogP contribution in [0.3, 0.4) is 0 Å². The van der Waals surface area contributed by atoms with Gasteiger partial charge >= 0.3 is 5.97 Å². The van der Waals surface area contributed by atoms with E-state index >= 15 is 0 Å². The van der Waals surface area contributed by atoms with Gasteiger partial charge in [-0.2, -0.15) is 0 Å². The predicted molar refractivity (Wildman–Crippen MR) is 85.6 cm³/mol. The van der Waals surface area contributed by atoms with E-state index in [0.29, 0.717) is 24.4 Å². The number of esters is 1. The highest BCUT2D eigenvalue weighted by Gasteiger charge is 2.33. The van der Waals surface area contributed by atoms with E-state index in [2.05, 4.69) is 14.9 Å². The summed E-state index contributed by atoms with van der Waals surface area (Å²) in [6, 6.07) is 0. The van der Waals surface area contributed by atoms with E-state index in [1.165, 1.54) is 17.7 Å². The van der Waals surface area contributed by atoms with Gasteiger partial charge in [0.15, 0.2) is 0 Å². The number of fused-ring (bicyclic) bond motifs is 1. The first kappa shape index (κ1) is 15.2. The number of carbonyl (C=O) groups excluding carboxylic acids is 1. The molecular weight excluding hydrogens is 302 g/mol. The first-order chi connectivity index (χ1) is 10.4. The number of nitrogens with zero attached hydrogens (tertiary/aromatic N) is 3. The largest absolute Gasteiger partial charge is 0.462 e. The zero-order valence-electron chi connectivity index (χ0n) is 12.9.